The Morgan fingerprint density at radius 3 is 2.65 bits per heavy atom. The molecule has 0 aliphatic rings. The highest BCUT2D eigenvalue weighted by molar-refractivity contribution is 5.76. The van der Waals surface area contributed by atoms with Crippen LogP contribution in [0.5, 0.6) is 0 Å². The number of H-pyrrole nitrogens is 1. The van der Waals surface area contributed by atoms with Crippen molar-refractivity contribution in [2.75, 3.05) is 0 Å². The maximum atomic E-state index is 4.51. The molecule has 1 N–H and O–H groups in total. The van der Waals surface area contributed by atoms with E-state index >= 15 is 0 Å². The second-order valence-electron chi connectivity index (χ2n) is 3.74. The third kappa shape index (κ3) is 2.08. The smallest absolute Gasteiger partial charge is 0.0894 e. The largest absolute Gasteiger partial charge is 0.362 e. The van der Waals surface area contributed by atoms with Gasteiger partial charge >= 0.3 is 0 Å². The standard InChI is InChI=1S/C14H11N3/c1-2-6-14-13(5-1)16-10-12(17-14)8-7-11-4-3-9-15-11/h1-10,15H/b8-7-. The summed E-state index contributed by atoms with van der Waals surface area (Å²) in [6.45, 7) is 0. The molecule has 1 aromatic carbocycles. The summed E-state index contributed by atoms with van der Waals surface area (Å²) in [6.07, 6.45) is 7.61. The van der Waals surface area contributed by atoms with Crippen LogP contribution in [0.1, 0.15) is 11.4 Å². The summed E-state index contributed by atoms with van der Waals surface area (Å²) in [4.78, 5) is 12.0. The van der Waals surface area contributed by atoms with Crippen LogP contribution in [0.4, 0.5) is 0 Å². The van der Waals surface area contributed by atoms with Gasteiger partial charge in [-0.3, -0.25) is 4.98 Å². The van der Waals surface area contributed by atoms with E-state index in [9.17, 15) is 0 Å². The topological polar surface area (TPSA) is 41.6 Å². The Labute approximate surface area is 98.9 Å². The molecule has 0 fully saturated rings. The number of hydrogen-bond acceptors (Lipinski definition) is 2. The summed E-state index contributed by atoms with van der Waals surface area (Å²) in [5.41, 5.74) is 3.75. The fourth-order valence-electron chi connectivity index (χ4n) is 1.67. The fraction of sp³-hybridized carbons (Fsp3) is 0. The van der Waals surface area contributed by atoms with E-state index in [1.54, 1.807) is 6.20 Å². The summed E-state index contributed by atoms with van der Waals surface area (Å²) in [7, 11) is 0. The molecule has 0 amide bonds. The summed E-state index contributed by atoms with van der Waals surface area (Å²) in [5, 5.41) is 0. The van der Waals surface area contributed by atoms with Crippen LogP contribution in [-0.2, 0) is 0 Å². The van der Waals surface area contributed by atoms with Crippen molar-refractivity contribution in [3.05, 3.63) is 60.2 Å². The predicted octanol–water partition coefficient (Wildman–Crippen LogP) is 3.13. The predicted molar refractivity (Wildman–Crippen MR) is 69.3 cm³/mol. The highest BCUT2D eigenvalue weighted by Gasteiger charge is 1.95. The Kier molecular flexibility index (Phi) is 2.43. The number of aromatic nitrogens is 3. The van der Waals surface area contributed by atoms with Crippen LogP contribution in [-0.4, -0.2) is 15.0 Å². The number of benzene rings is 1. The molecule has 2 heterocycles. The van der Waals surface area contributed by atoms with Crippen molar-refractivity contribution >= 4 is 23.2 Å². The van der Waals surface area contributed by atoms with Gasteiger partial charge in [0.25, 0.3) is 0 Å². The van der Waals surface area contributed by atoms with Crippen molar-refractivity contribution in [2.24, 2.45) is 0 Å². The zero-order valence-corrected chi connectivity index (χ0v) is 9.17. The molecule has 82 valence electrons. The lowest BCUT2D eigenvalue weighted by Gasteiger charge is -1.97. The number of hydrogen-bond donors (Lipinski definition) is 1. The molecule has 0 aliphatic carbocycles. The van der Waals surface area contributed by atoms with Gasteiger partial charge < -0.3 is 4.98 Å². The fourth-order valence-corrected chi connectivity index (χ4v) is 1.67. The molecule has 0 saturated heterocycles. The molecule has 3 aromatic rings. The minimum atomic E-state index is 0.860. The quantitative estimate of drug-likeness (QED) is 0.722. The number of fused-ring (bicyclic) bond motifs is 1. The van der Waals surface area contributed by atoms with Crippen molar-refractivity contribution in [1.29, 1.82) is 0 Å². The first-order chi connectivity index (χ1) is 8.42. The molecule has 3 rings (SSSR count). The minimum Gasteiger partial charge on any atom is -0.362 e. The number of para-hydroxylation sites is 2. The lowest BCUT2D eigenvalue weighted by Crippen LogP contribution is -1.86. The normalized spacial score (nSPS) is 11.3. The van der Waals surface area contributed by atoms with Crippen LogP contribution in [0.15, 0.2) is 48.8 Å². The van der Waals surface area contributed by atoms with Gasteiger partial charge in [0.2, 0.25) is 0 Å². The first kappa shape index (κ1) is 9.78. The summed E-state index contributed by atoms with van der Waals surface area (Å²) >= 11 is 0. The molecule has 0 bridgehead atoms. The van der Waals surface area contributed by atoms with E-state index in [0.29, 0.717) is 0 Å². The van der Waals surface area contributed by atoms with E-state index in [1.165, 1.54) is 0 Å². The van der Waals surface area contributed by atoms with Crippen molar-refractivity contribution in [3.63, 3.8) is 0 Å². The van der Waals surface area contributed by atoms with Gasteiger partial charge in [-0.2, -0.15) is 0 Å². The molecule has 0 spiro atoms. The molecule has 0 atom stereocenters. The Hall–Kier alpha value is -2.42. The van der Waals surface area contributed by atoms with Crippen molar-refractivity contribution in [2.45, 2.75) is 0 Å². The first-order valence-corrected chi connectivity index (χ1v) is 5.45. The minimum absolute atomic E-state index is 0.860. The monoisotopic (exact) mass is 221 g/mol. The van der Waals surface area contributed by atoms with Crippen LogP contribution in [0, 0.1) is 0 Å². The van der Waals surface area contributed by atoms with E-state index in [-0.39, 0.29) is 0 Å². The van der Waals surface area contributed by atoms with Crippen molar-refractivity contribution < 1.29 is 0 Å². The van der Waals surface area contributed by atoms with Gasteiger partial charge in [-0.15, -0.1) is 0 Å². The van der Waals surface area contributed by atoms with Gasteiger partial charge in [-0.05, 0) is 36.4 Å². The second-order valence-corrected chi connectivity index (χ2v) is 3.74. The molecule has 0 saturated carbocycles. The zero-order chi connectivity index (χ0) is 11.5. The molecule has 0 radical (unpaired) electrons. The Morgan fingerprint density at radius 2 is 1.82 bits per heavy atom. The number of nitrogens with zero attached hydrogens (tertiary/aromatic N) is 2. The molecule has 0 aliphatic heterocycles. The maximum Gasteiger partial charge on any atom is 0.0894 e. The molecule has 0 unspecified atom stereocenters. The highest BCUT2D eigenvalue weighted by Crippen LogP contribution is 2.10. The van der Waals surface area contributed by atoms with Crippen LogP contribution in [0.2, 0.25) is 0 Å². The molecule has 3 nitrogen and oxygen atoms in total. The SMILES string of the molecule is C(=C/c1ccc[nH]1)/c1cnc2ccccc2n1. The van der Waals surface area contributed by atoms with E-state index in [0.717, 1.165) is 22.4 Å². The number of nitrogens with one attached hydrogen (secondary N) is 1. The number of aromatic amines is 1. The van der Waals surface area contributed by atoms with Gasteiger partial charge in [-0.25, -0.2) is 4.98 Å². The van der Waals surface area contributed by atoms with E-state index in [2.05, 4.69) is 15.0 Å². The van der Waals surface area contributed by atoms with Crippen LogP contribution in [0.3, 0.4) is 0 Å². The van der Waals surface area contributed by atoms with Crippen LogP contribution in [0.25, 0.3) is 23.2 Å². The van der Waals surface area contributed by atoms with E-state index in [4.69, 9.17) is 0 Å². The highest BCUT2D eigenvalue weighted by atomic mass is 14.8. The molecular weight excluding hydrogens is 210 g/mol. The second kappa shape index (κ2) is 4.22. The average Bonchev–Trinajstić information content (AvgIpc) is 2.89. The Bertz CT molecular complexity index is 654. The Morgan fingerprint density at radius 1 is 0.941 bits per heavy atom. The van der Waals surface area contributed by atoms with Gasteiger partial charge in [0, 0.05) is 11.9 Å². The lowest BCUT2D eigenvalue weighted by atomic mass is 10.3. The van der Waals surface area contributed by atoms with Crippen molar-refractivity contribution in [1.82, 2.24) is 15.0 Å². The van der Waals surface area contributed by atoms with E-state index < -0.39 is 0 Å². The lowest BCUT2D eigenvalue weighted by molar-refractivity contribution is 1.27. The zero-order valence-electron chi connectivity index (χ0n) is 9.17. The molecule has 3 heteroatoms. The van der Waals surface area contributed by atoms with Gasteiger partial charge in [0.05, 0.1) is 22.9 Å². The third-order valence-electron chi connectivity index (χ3n) is 2.52. The summed E-state index contributed by atoms with van der Waals surface area (Å²) in [6, 6.07) is 11.8. The third-order valence-corrected chi connectivity index (χ3v) is 2.52. The van der Waals surface area contributed by atoms with Crippen molar-refractivity contribution in [3.8, 4) is 0 Å². The summed E-state index contributed by atoms with van der Waals surface area (Å²) in [5.74, 6) is 0. The van der Waals surface area contributed by atoms with Crippen LogP contribution < -0.4 is 0 Å². The van der Waals surface area contributed by atoms with E-state index in [1.807, 2.05) is 54.7 Å². The molecular formula is C14H11N3. The van der Waals surface area contributed by atoms with Crippen LogP contribution >= 0.6 is 0 Å². The Balaban J connectivity index is 1.96. The molecule has 17 heavy (non-hydrogen) atoms. The first-order valence-electron chi connectivity index (χ1n) is 5.45. The summed E-state index contributed by atoms with van der Waals surface area (Å²) < 4.78 is 0. The average molecular weight is 221 g/mol. The van der Waals surface area contributed by atoms with Gasteiger partial charge in [0.15, 0.2) is 0 Å². The van der Waals surface area contributed by atoms with Gasteiger partial charge in [-0.1, -0.05) is 12.1 Å². The number of rotatable bonds is 2. The molecule has 2 aromatic heterocycles. The maximum absolute atomic E-state index is 4.51. The van der Waals surface area contributed by atoms with Gasteiger partial charge in [0.1, 0.15) is 0 Å².